The fourth-order valence-electron chi connectivity index (χ4n) is 1.44. The Kier molecular flexibility index (Phi) is 3.60. The second-order valence-electron chi connectivity index (χ2n) is 3.92. The lowest BCUT2D eigenvalue weighted by Crippen LogP contribution is -2.55. The Morgan fingerprint density at radius 2 is 2.11 bits per heavy atom. The normalized spacial score (nSPS) is 14.5. The maximum Gasteiger partial charge on any atom is 0.356 e. The number of nitrogens with zero attached hydrogens (tertiary/aromatic N) is 2. The molecular weight excluding hydrogens is 253 g/mol. The molecule has 4 amide bonds. The minimum Gasteiger partial charge on any atom is -0.307 e. The third-order valence-electron chi connectivity index (χ3n) is 2.31. The summed E-state index contributed by atoms with van der Waals surface area (Å²) >= 11 is 0. The van der Waals surface area contributed by atoms with Crippen LogP contribution in [0.4, 0.5) is 19.7 Å². The number of rotatable bonds is 2. The summed E-state index contributed by atoms with van der Waals surface area (Å²) in [5.41, 5.74) is 5.67. The lowest BCUT2D eigenvalue weighted by Gasteiger charge is -2.25. The van der Waals surface area contributed by atoms with Crippen LogP contribution in [0.2, 0.25) is 0 Å². The maximum atomic E-state index is 12.7. The number of hydrazone groups is 1. The molecule has 0 radical (unpaired) electrons. The van der Waals surface area contributed by atoms with Crippen LogP contribution in [0.5, 0.6) is 0 Å². The van der Waals surface area contributed by atoms with Crippen LogP contribution in [0.15, 0.2) is 29.4 Å². The molecule has 1 aromatic rings. The van der Waals surface area contributed by atoms with Crippen LogP contribution in [-0.2, 0) is 0 Å². The fraction of sp³-hybridized carbons (Fsp3) is 0.182. The zero-order valence-electron chi connectivity index (χ0n) is 10.1. The third kappa shape index (κ3) is 3.41. The van der Waals surface area contributed by atoms with Gasteiger partial charge in [-0.25, -0.2) is 29.8 Å². The number of benzene rings is 1. The van der Waals surface area contributed by atoms with Crippen LogP contribution >= 0.6 is 0 Å². The van der Waals surface area contributed by atoms with Gasteiger partial charge in [0.25, 0.3) is 0 Å². The van der Waals surface area contributed by atoms with Crippen molar-refractivity contribution in [3.8, 4) is 0 Å². The Morgan fingerprint density at radius 1 is 1.42 bits per heavy atom. The number of hydrogen-bond acceptors (Lipinski definition) is 3. The van der Waals surface area contributed by atoms with Gasteiger partial charge in [-0.1, -0.05) is 0 Å². The molecule has 0 saturated carbocycles. The van der Waals surface area contributed by atoms with Crippen molar-refractivity contribution in [3.63, 3.8) is 0 Å². The van der Waals surface area contributed by atoms with Gasteiger partial charge in [-0.15, -0.1) is 0 Å². The van der Waals surface area contributed by atoms with Crippen molar-refractivity contribution >= 4 is 23.5 Å². The Bertz CT molecular complexity index is 528. The van der Waals surface area contributed by atoms with Crippen molar-refractivity contribution in [2.45, 2.75) is 6.92 Å². The standard InChI is InChI=1S/C11H12FN5O2/c1-7-6-17(11(19)15-14-7)16-10(18)13-9-4-2-8(12)3-5-9/h2-5H,6H2,1H3,(H,15,19)(H2,13,16,18). The molecule has 7 nitrogen and oxygen atoms in total. The molecule has 0 fully saturated rings. The van der Waals surface area contributed by atoms with Gasteiger partial charge in [0, 0.05) is 5.69 Å². The number of anilines is 1. The van der Waals surface area contributed by atoms with Gasteiger partial charge >= 0.3 is 12.1 Å². The molecule has 1 heterocycles. The summed E-state index contributed by atoms with van der Waals surface area (Å²) in [7, 11) is 0. The highest BCUT2D eigenvalue weighted by atomic mass is 19.1. The van der Waals surface area contributed by atoms with Crippen molar-refractivity contribution in [1.29, 1.82) is 0 Å². The Morgan fingerprint density at radius 3 is 2.79 bits per heavy atom. The van der Waals surface area contributed by atoms with Gasteiger partial charge in [-0.2, -0.15) is 5.10 Å². The molecule has 2 rings (SSSR count). The van der Waals surface area contributed by atoms with Crippen molar-refractivity contribution < 1.29 is 14.0 Å². The second-order valence-corrected chi connectivity index (χ2v) is 3.92. The van der Waals surface area contributed by atoms with E-state index in [-0.39, 0.29) is 6.54 Å². The molecule has 1 aliphatic rings. The zero-order valence-corrected chi connectivity index (χ0v) is 10.1. The zero-order chi connectivity index (χ0) is 13.8. The van der Waals surface area contributed by atoms with Gasteiger partial charge in [-0.05, 0) is 31.2 Å². The number of hydrazine groups is 1. The van der Waals surface area contributed by atoms with Gasteiger partial charge in [0.2, 0.25) is 0 Å². The number of nitrogens with one attached hydrogen (secondary N) is 3. The predicted octanol–water partition coefficient (Wildman–Crippen LogP) is 1.26. The van der Waals surface area contributed by atoms with E-state index in [1.165, 1.54) is 24.3 Å². The van der Waals surface area contributed by atoms with E-state index in [4.69, 9.17) is 0 Å². The number of carbonyl (C=O) groups is 2. The van der Waals surface area contributed by atoms with Crippen LogP contribution in [0.3, 0.4) is 0 Å². The number of carbonyl (C=O) groups excluding carboxylic acids is 2. The highest BCUT2D eigenvalue weighted by molar-refractivity contribution is 5.94. The first kappa shape index (κ1) is 12.8. The lowest BCUT2D eigenvalue weighted by molar-refractivity contribution is 0.177. The predicted molar refractivity (Wildman–Crippen MR) is 66.9 cm³/mol. The summed E-state index contributed by atoms with van der Waals surface area (Å²) in [4.78, 5) is 23.0. The highest BCUT2D eigenvalue weighted by Gasteiger charge is 2.20. The molecule has 0 atom stereocenters. The Balaban J connectivity index is 1.92. The van der Waals surface area contributed by atoms with E-state index < -0.39 is 17.9 Å². The minimum atomic E-state index is -0.601. The average Bonchev–Trinajstić information content (AvgIpc) is 2.37. The van der Waals surface area contributed by atoms with E-state index in [0.29, 0.717) is 11.4 Å². The van der Waals surface area contributed by atoms with Gasteiger partial charge in [0.15, 0.2) is 0 Å². The molecule has 0 aromatic heterocycles. The summed E-state index contributed by atoms with van der Waals surface area (Å²) in [5.74, 6) is -0.395. The molecule has 0 saturated heterocycles. The largest absolute Gasteiger partial charge is 0.356 e. The van der Waals surface area contributed by atoms with Crippen molar-refractivity contribution in [1.82, 2.24) is 15.9 Å². The number of halogens is 1. The molecule has 100 valence electrons. The number of amides is 4. The maximum absolute atomic E-state index is 12.7. The molecule has 3 N–H and O–H groups in total. The summed E-state index contributed by atoms with van der Waals surface area (Å²) in [5, 5.41) is 7.28. The van der Waals surface area contributed by atoms with E-state index in [0.717, 1.165) is 5.01 Å². The van der Waals surface area contributed by atoms with Gasteiger partial charge in [0.05, 0.1) is 12.3 Å². The lowest BCUT2D eigenvalue weighted by atomic mass is 10.3. The highest BCUT2D eigenvalue weighted by Crippen LogP contribution is 2.07. The molecule has 19 heavy (non-hydrogen) atoms. The summed E-state index contributed by atoms with van der Waals surface area (Å²) in [6.45, 7) is 1.91. The van der Waals surface area contributed by atoms with Crippen LogP contribution in [0, 0.1) is 5.82 Å². The summed E-state index contributed by atoms with van der Waals surface area (Å²) in [6.07, 6.45) is 0. The molecule has 0 unspecified atom stereocenters. The van der Waals surface area contributed by atoms with Gasteiger partial charge in [-0.3, -0.25) is 0 Å². The first-order valence-electron chi connectivity index (χ1n) is 5.48. The summed E-state index contributed by atoms with van der Waals surface area (Å²) < 4.78 is 12.7. The van der Waals surface area contributed by atoms with E-state index >= 15 is 0 Å². The van der Waals surface area contributed by atoms with Crippen molar-refractivity contribution in [3.05, 3.63) is 30.1 Å². The van der Waals surface area contributed by atoms with Gasteiger partial charge < -0.3 is 5.32 Å². The fourth-order valence-corrected chi connectivity index (χ4v) is 1.44. The second kappa shape index (κ2) is 5.34. The summed E-state index contributed by atoms with van der Waals surface area (Å²) in [6, 6.07) is 4.15. The molecular formula is C11H12FN5O2. The van der Waals surface area contributed by atoms with E-state index in [9.17, 15) is 14.0 Å². The molecule has 1 aromatic carbocycles. The van der Waals surface area contributed by atoms with Crippen LogP contribution < -0.4 is 16.2 Å². The van der Waals surface area contributed by atoms with Gasteiger partial charge in [0.1, 0.15) is 5.82 Å². The smallest absolute Gasteiger partial charge is 0.307 e. The van der Waals surface area contributed by atoms with Crippen molar-refractivity contribution in [2.75, 3.05) is 11.9 Å². The quantitative estimate of drug-likeness (QED) is 0.752. The Hall–Kier alpha value is -2.64. The van der Waals surface area contributed by atoms with E-state index in [2.05, 4.69) is 21.3 Å². The molecule has 0 bridgehead atoms. The minimum absolute atomic E-state index is 0.197. The van der Waals surface area contributed by atoms with Crippen molar-refractivity contribution in [2.24, 2.45) is 5.10 Å². The SMILES string of the molecule is CC1=NNC(=O)N(NC(=O)Nc2ccc(F)cc2)C1. The van der Waals surface area contributed by atoms with E-state index in [1.54, 1.807) is 6.92 Å². The number of urea groups is 2. The van der Waals surface area contributed by atoms with Crippen LogP contribution in [0.25, 0.3) is 0 Å². The first-order valence-corrected chi connectivity index (χ1v) is 5.48. The third-order valence-corrected chi connectivity index (χ3v) is 2.31. The van der Waals surface area contributed by atoms with Crippen LogP contribution in [0.1, 0.15) is 6.92 Å². The number of hydrogen-bond donors (Lipinski definition) is 3. The monoisotopic (exact) mass is 265 g/mol. The van der Waals surface area contributed by atoms with Crippen LogP contribution in [-0.4, -0.2) is 29.3 Å². The molecule has 1 aliphatic heterocycles. The van der Waals surface area contributed by atoms with E-state index in [1.807, 2.05) is 0 Å². The Labute approximate surface area is 108 Å². The molecule has 0 spiro atoms. The first-order chi connectivity index (χ1) is 9.04. The molecule has 8 heteroatoms. The topological polar surface area (TPSA) is 85.8 Å². The molecule has 0 aliphatic carbocycles. The average molecular weight is 265 g/mol.